The van der Waals surface area contributed by atoms with Gasteiger partial charge in [0.2, 0.25) is 0 Å². The fraction of sp³-hybridized carbons (Fsp3) is 1.00. The average Bonchev–Trinajstić information content (AvgIpc) is 3.02. The molecule has 2 rings (SSSR count). The van der Waals surface area contributed by atoms with E-state index in [1.807, 2.05) is 0 Å². The van der Waals surface area contributed by atoms with Crippen LogP contribution in [0.2, 0.25) is 0 Å². The van der Waals surface area contributed by atoms with Gasteiger partial charge in [-0.25, -0.2) is 0 Å². The van der Waals surface area contributed by atoms with Crippen molar-refractivity contribution in [1.29, 1.82) is 0 Å². The molecule has 1 aliphatic heterocycles. The summed E-state index contributed by atoms with van der Waals surface area (Å²) >= 11 is 0. The zero-order valence-electron chi connectivity index (χ0n) is 10.6. The molecule has 1 heterocycles. The molecule has 0 aromatic rings. The van der Waals surface area contributed by atoms with Crippen LogP contribution in [-0.2, 0) is 0 Å². The predicted octanol–water partition coefficient (Wildman–Crippen LogP) is 2.25. The van der Waals surface area contributed by atoms with E-state index in [4.69, 9.17) is 0 Å². The lowest BCUT2D eigenvalue weighted by atomic mass is 9.93. The highest BCUT2D eigenvalue weighted by Gasteiger charge is 2.42. The lowest BCUT2D eigenvalue weighted by Crippen LogP contribution is -2.58. The first-order valence-corrected chi connectivity index (χ1v) is 6.63. The highest BCUT2D eigenvalue weighted by Crippen LogP contribution is 2.43. The maximum atomic E-state index is 3.64. The maximum absolute atomic E-state index is 3.64. The number of rotatable bonds is 4. The summed E-state index contributed by atoms with van der Waals surface area (Å²) in [4.78, 5) is 2.72. The molecule has 2 fully saturated rings. The molecule has 0 amide bonds. The van der Waals surface area contributed by atoms with Crippen molar-refractivity contribution in [1.82, 2.24) is 10.2 Å². The fourth-order valence-electron chi connectivity index (χ4n) is 2.94. The van der Waals surface area contributed by atoms with Crippen LogP contribution in [0.25, 0.3) is 0 Å². The standard InChI is InChI=1S/C13H26N2/c1-4-5-12-10-15(9-8-14-12)13(2,3)11-6-7-11/h11-12,14H,4-10H2,1-3H3. The number of hydrogen-bond acceptors (Lipinski definition) is 2. The van der Waals surface area contributed by atoms with Gasteiger partial charge < -0.3 is 5.32 Å². The van der Waals surface area contributed by atoms with E-state index in [2.05, 4.69) is 31.0 Å². The highest BCUT2D eigenvalue weighted by molar-refractivity contribution is 4.98. The second-order valence-electron chi connectivity index (χ2n) is 5.81. The van der Waals surface area contributed by atoms with Gasteiger partial charge in [0, 0.05) is 31.2 Å². The predicted molar refractivity (Wildman–Crippen MR) is 65.1 cm³/mol. The van der Waals surface area contributed by atoms with Crippen LogP contribution in [0.15, 0.2) is 0 Å². The quantitative estimate of drug-likeness (QED) is 0.765. The van der Waals surface area contributed by atoms with Crippen molar-refractivity contribution in [3.63, 3.8) is 0 Å². The van der Waals surface area contributed by atoms with Gasteiger partial charge in [-0.1, -0.05) is 13.3 Å². The van der Waals surface area contributed by atoms with Gasteiger partial charge in [0.1, 0.15) is 0 Å². The number of nitrogens with zero attached hydrogens (tertiary/aromatic N) is 1. The summed E-state index contributed by atoms with van der Waals surface area (Å²) < 4.78 is 0. The second kappa shape index (κ2) is 4.42. The van der Waals surface area contributed by atoms with Gasteiger partial charge in [0.05, 0.1) is 0 Å². The summed E-state index contributed by atoms with van der Waals surface area (Å²) in [7, 11) is 0. The maximum Gasteiger partial charge on any atom is 0.0195 e. The van der Waals surface area contributed by atoms with Gasteiger partial charge in [-0.2, -0.15) is 0 Å². The molecule has 2 aliphatic rings. The molecule has 0 radical (unpaired) electrons. The van der Waals surface area contributed by atoms with Gasteiger partial charge >= 0.3 is 0 Å². The molecule has 1 unspecified atom stereocenters. The Labute approximate surface area is 94.4 Å². The van der Waals surface area contributed by atoms with Crippen molar-refractivity contribution in [2.24, 2.45) is 5.92 Å². The lowest BCUT2D eigenvalue weighted by Gasteiger charge is -2.44. The van der Waals surface area contributed by atoms with Crippen molar-refractivity contribution < 1.29 is 0 Å². The molecule has 2 heteroatoms. The highest BCUT2D eigenvalue weighted by atomic mass is 15.3. The van der Waals surface area contributed by atoms with Crippen molar-refractivity contribution in [2.75, 3.05) is 19.6 Å². The molecular weight excluding hydrogens is 184 g/mol. The van der Waals surface area contributed by atoms with Gasteiger partial charge in [0.25, 0.3) is 0 Å². The van der Waals surface area contributed by atoms with E-state index in [1.54, 1.807) is 0 Å². The minimum atomic E-state index is 0.452. The van der Waals surface area contributed by atoms with Crippen LogP contribution in [0.3, 0.4) is 0 Å². The Kier molecular flexibility index (Phi) is 3.36. The molecule has 88 valence electrons. The Morgan fingerprint density at radius 3 is 2.67 bits per heavy atom. The van der Waals surface area contributed by atoms with E-state index >= 15 is 0 Å². The normalized spacial score (nSPS) is 29.4. The van der Waals surface area contributed by atoms with Crippen LogP contribution in [-0.4, -0.2) is 36.1 Å². The molecule has 0 bridgehead atoms. The summed E-state index contributed by atoms with van der Waals surface area (Å²) in [5.74, 6) is 0.970. The summed E-state index contributed by atoms with van der Waals surface area (Å²) in [6, 6.07) is 0.738. The van der Waals surface area contributed by atoms with E-state index in [1.165, 1.54) is 45.3 Å². The van der Waals surface area contributed by atoms with Crippen LogP contribution in [0.4, 0.5) is 0 Å². The Morgan fingerprint density at radius 1 is 1.33 bits per heavy atom. The molecule has 0 aromatic carbocycles. The van der Waals surface area contributed by atoms with Crippen LogP contribution in [0, 0.1) is 5.92 Å². The first-order chi connectivity index (χ1) is 7.14. The Bertz CT molecular complexity index is 207. The molecule has 1 aliphatic carbocycles. The SMILES string of the molecule is CCCC1CN(C(C)(C)C2CC2)CCN1. The first kappa shape index (κ1) is 11.4. The Balaban J connectivity index is 1.91. The molecule has 0 aromatic heterocycles. The van der Waals surface area contributed by atoms with Crippen LogP contribution in [0.5, 0.6) is 0 Å². The zero-order valence-corrected chi connectivity index (χ0v) is 10.6. The molecule has 1 N–H and O–H groups in total. The van der Waals surface area contributed by atoms with Gasteiger partial charge in [-0.3, -0.25) is 4.90 Å². The van der Waals surface area contributed by atoms with Crippen molar-refractivity contribution in [3.8, 4) is 0 Å². The molecular formula is C13H26N2. The largest absolute Gasteiger partial charge is 0.311 e. The Hall–Kier alpha value is -0.0800. The smallest absolute Gasteiger partial charge is 0.0195 e. The number of piperazine rings is 1. The van der Waals surface area contributed by atoms with Crippen molar-refractivity contribution >= 4 is 0 Å². The Morgan fingerprint density at radius 2 is 2.07 bits per heavy atom. The second-order valence-corrected chi connectivity index (χ2v) is 5.81. The third-order valence-electron chi connectivity index (χ3n) is 4.28. The minimum absolute atomic E-state index is 0.452. The van der Waals surface area contributed by atoms with Gasteiger partial charge in [-0.05, 0) is 39.0 Å². The fourth-order valence-corrected chi connectivity index (χ4v) is 2.94. The van der Waals surface area contributed by atoms with Gasteiger partial charge in [-0.15, -0.1) is 0 Å². The van der Waals surface area contributed by atoms with Crippen molar-refractivity contribution in [2.45, 2.75) is 58.0 Å². The molecule has 15 heavy (non-hydrogen) atoms. The number of hydrogen-bond donors (Lipinski definition) is 1. The molecule has 1 atom stereocenters. The summed E-state index contributed by atoms with van der Waals surface area (Å²) in [5, 5.41) is 3.64. The van der Waals surface area contributed by atoms with Crippen LogP contribution < -0.4 is 5.32 Å². The van der Waals surface area contributed by atoms with Gasteiger partial charge in [0.15, 0.2) is 0 Å². The molecule has 1 saturated carbocycles. The lowest BCUT2D eigenvalue weighted by molar-refractivity contribution is 0.0636. The van der Waals surface area contributed by atoms with E-state index < -0.39 is 0 Å². The van der Waals surface area contributed by atoms with Crippen LogP contribution >= 0.6 is 0 Å². The number of nitrogens with one attached hydrogen (secondary N) is 1. The third-order valence-corrected chi connectivity index (χ3v) is 4.28. The molecule has 1 saturated heterocycles. The van der Waals surface area contributed by atoms with E-state index in [0.29, 0.717) is 5.54 Å². The summed E-state index contributed by atoms with van der Waals surface area (Å²) in [5.41, 5.74) is 0.452. The third kappa shape index (κ3) is 2.54. The average molecular weight is 210 g/mol. The monoisotopic (exact) mass is 210 g/mol. The first-order valence-electron chi connectivity index (χ1n) is 6.63. The molecule has 0 spiro atoms. The summed E-state index contributed by atoms with van der Waals surface area (Å²) in [6.07, 6.45) is 5.54. The minimum Gasteiger partial charge on any atom is -0.311 e. The van der Waals surface area contributed by atoms with Crippen molar-refractivity contribution in [3.05, 3.63) is 0 Å². The van der Waals surface area contributed by atoms with E-state index in [-0.39, 0.29) is 0 Å². The topological polar surface area (TPSA) is 15.3 Å². The molecule has 2 nitrogen and oxygen atoms in total. The van der Waals surface area contributed by atoms with Crippen LogP contribution in [0.1, 0.15) is 46.5 Å². The van der Waals surface area contributed by atoms with E-state index in [0.717, 1.165) is 12.0 Å². The zero-order chi connectivity index (χ0) is 10.9. The summed E-state index contributed by atoms with van der Waals surface area (Å²) in [6.45, 7) is 10.9. The van der Waals surface area contributed by atoms with E-state index in [9.17, 15) is 0 Å².